The predicted molar refractivity (Wildman–Crippen MR) is 79.7 cm³/mol. The molecule has 3 nitrogen and oxygen atoms in total. The van der Waals surface area contributed by atoms with E-state index in [1.807, 2.05) is 0 Å². The number of nitrogens with one attached hydrogen (secondary N) is 1. The summed E-state index contributed by atoms with van der Waals surface area (Å²) in [5.74, 6) is -0.670. The molecule has 0 bridgehead atoms. The third-order valence-corrected chi connectivity index (χ3v) is 5.00. The topological polar surface area (TPSA) is 49.3 Å². The van der Waals surface area contributed by atoms with Crippen LogP contribution in [-0.2, 0) is 0 Å². The van der Waals surface area contributed by atoms with Gasteiger partial charge in [0.25, 0.3) is 5.91 Å². The summed E-state index contributed by atoms with van der Waals surface area (Å²) in [7, 11) is 0. The molecule has 2 atom stereocenters. The molecule has 1 fully saturated rings. The monoisotopic (exact) mass is 343 g/mol. The Morgan fingerprint density at radius 3 is 2.95 bits per heavy atom. The first-order chi connectivity index (χ1) is 9.46. The van der Waals surface area contributed by atoms with Gasteiger partial charge in [-0.1, -0.05) is 35.7 Å². The number of carbonyl (C=O) groups excluding carboxylic acids is 1. The molecule has 1 saturated carbocycles. The molecular formula is C15H19BrFNO2. The van der Waals surface area contributed by atoms with Gasteiger partial charge in [-0.3, -0.25) is 4.79 Å². The molecule has 1 amide bonds. The van der Waals surface area contributed by atoms with Crippen molar-refractivity contribution in [2.75, 3.05) is 5.33 Å². The van der Waals surface area contributed by atoms with E-state index in [0.717, 1.165) is 25.3 Å². The van der Waals surface area contributed by atoms with Gasteiger partial charge in [-0.05, 0) is 30.9 Å². The molecule has 0 heterocycles. The summed E-state index contributed by atoms with van der Waals surface area (Å²) in [5.41, 5.74) is -0.166. The number of hydrogen-bond donors (Lipinski definition) is 2. The Labute approximate surface area is 126 Å². The third kappa shape index (κ3) is 3.32. The zero-order valence-electron chi connectivity index (χ0n) is 11.5. The lowest BCUT2D eigenvalue weighted by Crippen LogP contribution is -2.52. The van der Waals surface area contributed by atoms with Gasteiger partial charge in [0.2, 0.25) is 0 Å². The van der Waals surface area contributed by atoms with Crippen LogP contribution in [0.1, 0.15) is 43.0 Å². The second-order valence-corrected chi connectivity index (χ2v) is 6.29. The van der Waals surface area contributed by atoms with Crippen LogP contribution in [-0.4, -0.2) is 21.9 Å². The zero-order valence-corrected chi connectivity index (χ0v) is 13.0. The SMILES string of the molecule is CC1CCCC(CBr)(NC(=O)c2ccc(F)cc2O)C1. The lowest BCUT2D eigenvalue weighted by Gasteiger charge is -2.39. The van der Waals surface area contributed by atoms with Gasteiger partial charge >= 0.3 is 0 Å². The second kappa shape index (κ2) is 6.12. The smallest absolute Gasteiger partial charge is 0.255 e. The van der Waals surface area contributed by atoms with E-state index in [-0.39, 0.29) is 22.8 Å². The molecule has 1 aliphatic rings. The molecular weight excluding hydrogens is 325 g/mol. The molecule has 2 rings (SSSR count). The average Bonchev–Trinajstić information content (AvgIpc) is 2.38. The number of halogens is 2. The van der Waals surface area contributed by atoms with Crippen LogP contribution in [0.2, 0.25) is 0 Å². The van der Waals surface area contributed by atoms with Crippen molar-refractivity contribution in [3.63, 3.8) is 0 Å². The maximum absolute atomic E-state index is 13.0. The van der Waals surface area contributed by atoms with E-state index in [4.69, 9.17) is 0 Å². The summed E-state index contributed by atoms with van der Waals surface area (Å²) in [4.78, 5) is 12.3. The molecule has 0 radical (unpaired) electrons. The number of amides is 1. The number of rotatable bonds is 3. The van der Waals surface area contributed by atoms with Crippen molar-refractivity contribution in [1.82, 2.24) is 5.32 Å². The van der Waals surface area contributed by atoms with Crippen molar-refractivity contribution in [2.45, 2.75) is 38.1 Å². The summed E-state index contributed by atoms with van der Waals surface area (Å²) in [5, 5.41) is 13.4. The highest BCUT2D eigenvalue weighted by atomic mass is 79.9. The highest BCUT2D eigenvalue weighted by Gasteiger charge is 2.35. The molecule has 20 heavy (non-hydrogen) atoms. The predicted octanol–water partition coefficient (Wildman–Crippen LogP) is 3.60. The maximum atomic E-state index is 13.0. The van der Waals surface area contributed by atoms with E-state index < -0.39 is 5.82 Å². The van der Waals surface area contributed by atoms with Gasteiger partial charge in [0.05, 0.1) is 11.1 Å². The largest absolute Gasteiger partial charge is 0.507 e. The highest BCUT2D eigenvalue weighted by molar-refractivity contribution is 9.09. The van der Waals surface area contributed by atoms with Crippen LogP contribution < -0.4 is 5.32 Å². The number of aromatic hydroxyl groups is 1. The first kappa shape index (κ1) is 15.3. The Kier molecular flexibility index (Phi) is 4.68. The van der Waals surface area contributed by atoms with E-state index in [2.05, 4.69) is 28.2 Å². The first-order valence-corrected chi connectivity index (χ1v) is 7.95. The molecule has 2 unspecified atom stereocenters. The van der Waals surface area contributed by atoms with Crippen LogP contribution in [0.15, 0.2) is 18.2 Å². The van der Waals surface area contributed by atoms with Crippen molar-refractivity contribution < 1.29 is 14.3 Å². The number of phenolic OH excluding ortho intramolecular Hbond substituents is 1. The fourth-order valence-electron chi connectivity index (χ4n) is 2.93. The molecule has 1 aromatic carbocycles. The zero-order chi connectivity index (χ0) is 14.8. The van der Waals surface area contributed by atoms with Gasteiger partial charge in [-0.15, -0.1) is 0 Å². The van der Waals surface area contributed by atoms with Gasteiger partial charge in [0, 0.05) is 11.4 Å². The Balaban J connectivity index is 2.16. The van der Waals surface area contributed by atoms with E-state index in [0.29, 0.717) is 11.2 Å². The average molecular weight is 344 g/mol. The van der Waals surface area contributed by atoms with Crippen LogP contribution in [0.3, 0.4) is 0 Å². The molecule has 2 N–H and O–H groups in total. The Morgan fingerprint density at radius 1 is 1.60 bits per heavy atom. The van der Waals surface area contributed by atoms with Crippen LogP contribution in [0, 0.1) is 11.7 Å². The van der Waals surface area contributed by atoms with Crippen LogP contribution in [0.5, 0.6) is 5.75 Å². The lowest BCUT2D eigenvalue weighted by atomic mass is 9.77. The van der Waals surface area contributed by atoms with Crippen LogP contribution in [0.4, 0.5) is 4.39 Å². The second-order valence-electron chi connectivity index (χ2n) is 5.73. The number of carbonyl (C=O) groups is 1. The van der Waals surface area contributed by atoms with Crippen molar-refractivity contribution >= 4 is 21.8 Å². The van der Waals surface area contributed by atoms with Crippen LogP contribution >= 0.6 is 15.9 Å². The quantitative estimate of drug-likeness (QED) is 0.823. The minimum atomic E-state index is -0.555. The summed E-state index contributed by atoms with van der Waals surface area (Å²) in [6.45, 7) is 2.18. The van der Waals surface area contributed by atoms with Crippen molar-refractivity contribution in [3.05, 3.63) is 29.6 Å². The molecule has 1 aliphatic carbocycles. The van der Waals surface area contributed by atoms with E-state index in [1.165, 1.54) is 18.6 Å². The number of alkyl halides is 1. The molecule has 5 heteroatoms. The molecule has 0 aliphatic heterocycles. The maximum Gasteiger partial charge on any atom is 0.255 e. The summed E-state index contributed by atoms with van der Waals surface area (Å²) < 4.78 is 13.0. The van der Waals surface area contributed by atoms with Gasteiger partial charge in [0.1, 0.15) is 11.6 Å². The molecule has 1 aromatic rings. The number of phenols is 1. The minimum absolute atomic E-state index is 0.116. The van der Waals surface area contributed by atoms with Gasteiger partial charge in [0.15, 0.2) is 0 Å². The molecule has 0 spiro atoms. The lowest BCUT2D eigenvalue weighted by molar-refractivity contribution is 0.0867. The van der Waals surface area contributed by atoms with E-state index in [1.54, 1.807) is 0 Å². The van der Waals surface area contributed by atoms with Crippen molar-refractivity contribution in [1.29, 1.82) is 0 Å². The molecule has 0 aromatic heterocycles. The minimum Gasteiger partial charge on any atom is -0.507 e. The molecule has 0 saturated heterocycles. The van der Waals surface area contributed by atoms with E-state index >= 15 is 0 Å². The summed E-state index contributed by atoms with van der Waals surface area (Å²) >= 11 is 3.49. The molecule has 110 valence electrons. The Bertz CT molecular complexity index is 509. The first-order valence-electron chi connectivity index (χ1n) is 6.83. The normalized spacial score (nSPS) is 26.2. The van der Waals surface area contributed by atoms with Crippen molar-refractivity contribution in [3.8, 4) is 5.75 Å². The third-order valence-electron chi connectivity index (χ3n) is 3.93. The summed E-state index contributed by atoms with van der Waals surface area (Å²) in [6.07, 6.45) is 4.07. The standard InChI is InChI=1S/C15H19BrFNO2/c1-10-3-2-6-15(8-10,9-16)18-14(20)12-5-4-11(17)7-13(12)19/h4-5,7,10,19H,2-3,6,8-9H2,1H3,(H,18,20). The fourth-order valence-corrected chi connectivity index (χ4v) is 3.58. The van der Waals surface area contributed by atoms with Gasteiger partial charge < -0.3 is 10.4 Å². The highest BCUT2D eigenvalue weighted by Crippen LogP contribution is 2.34. The van der Waals surface area contributed by atoms with Gasteiger partial charge in [-0.25, -0.2) is 4.39 Å². The van der Waals surface area contributed by atoms with E-state index in [9.17, 15) is 14.3 Å². The van der Waals surface area contributed by atoms with Crippen molar-refractivity contribution in [2.24, 2.45) is 5.92 Å². The number of hydrogen-bond acceptors (Lipinski definition) is 2. The van der Waals surface area contributed by atoms with Crippen LogP contribution in [0.25, 0.3) is 0 Å². The fraction of sp³-hybridized carbons (Fsp3) is 0.533. The number of benzene rings is 1. The summed E-state index contributed by atoms with van der Waals surface area (Å²) in [6, 6.07) is 3.45. The Hall–Kier alpha value is -1.10. The Morgan fingerprint density at radius 2 is 2.35 bits per heavy atom. The van der Waals surface area contributed by atoms with Gasteiger partial charge in [-0.2, -0.15) is 0 Å².